The number of hydrogen-bond acceptors (Lipinski definition) is 3. The fourth-order valence-corrected chi connectivity index (χ4v) is 4.26. The van der Waals surface area contributed by atoms with Crippen molar-refractivity contribution in [2.45, 2.75) is 25.3 Å². The van der Waals surface area contributed by atoms with Crippen LogP contribution in [0.1, 0.15) is 34.9 Å². The summed E-state index contributed by atoms with van der Waals surface area (Å²) in [4.78, 5) is 1.81. The van der Waals surface area contributed by atoms with Gasteiger partial charge in [-0.1, -0.05) is 29.9 Å². The van der Waals surface area contributed by atoms with Crippen LogP contribution in [0.15, 0.2) is 29.6 Å². The second kappa shape index (κ2) is 5.72. The molecule has 1 aliphatic carbocycles. The lowest BCUT2D eigenvalue weighted by Gasteiger charge is -2.26. The van der Waals surface area contributed by atoms with Crippen molar-refractivity contribution in [1.82, 2.24) is 0 Å². The lowest BCUT2D eigenvalue weighted by atomic mass is 9.93. The number of aryl methyl sites for hydroxylation is 1. The molecule has 0 radical (unpaired) electrons. The normalized spacial score (nSPS) is 17.6. The van der Waals surface area contributed by atoms with Crippen molar-refractivity contribution in [3.8, 4) is 0 Å². The number of nitrogens with one attached hydrogen (secondary N) is 1. The van der Waals surface area contributed by atoms with Crippen molar-refractivity contribution in [2.75, 3.05) is 5.32 Å². The minimum Gasteiger partial charge on any atom is -0.389 e. The van der Waals surface area contributed by atoms with Crippen LogP contribution >= 0.6 is 35.2 Å². The van der Waals surface area contributed by atoms with E-state index in [-0.39, 0.29) is 0 Å². The van der Waals surface area contributed by atoms with E-state index in [1.54, 1.807) is 0 Å². The molecular formula is C15H15ClN2S2. The molecule has 2 nitrogen and oxygen atoms in total. The third-order valence-electron chi connectivity index (χ3n) is 3.64. The van der Waals surface area contributed by atoms with Gasteiger partial charge in [0.2, 0.25) is 0 Å². The zero-order chi connectivity index (χ0) is 14.1. The summed E-state index contributed by atoms with van der Waals surface area (Å²) >= 11 is 13.2. The van der Waals surface area contributed by atoms with E-state index in [1.165, 1.54) is 23.3 Å². The molecule has 1 aromatic heterocycles. The Hall–Kier alpha value is -1.10. The Balaban J connectivity index is 1.94. The fraction of sp³-hybridized carbons (Fsp3) is 0.267. The predicted octanol–water partition coefficient (Wildman–Crippen LogP) is 4.53. The molecular weight excluding hydrogens is 308 g/mol. The molecule has 0 bridgehead atoms. The zero-order valence-electron chi connectivity index (χ0n) is 10.9. The Morgan fingerprint density at radius 1 is 1.40 bits per heavy atom. The van der Waals surface area contributed by atoms with Crippen molar-refractivity contribution < 1.29 is 0 Å². The predicted molar refractivity (Wildman–Crippen MR) is 91.0 cm³/mol. The number of rotatable bonds is 3. The summed E-state index contributed by atoms with van der Waals surface area (Å²) in [5, 5.41) is 6.33. The third kappa shape index (κ3) is 2.55. The Labute approximate surface area is 132 Å². The summed E-state index contributed by atoms with van der Waals surface area (Å²) in [6.07, 6.45) is 3.50. The highest BCUT2D eigenvalue weighted by Gasteiger charge is 2.22. The highest BCUT2D eigenvalue weighted by molar-refractivity contribution is 7.80. The van der Waals surface area contributed by atoms with Gasteiger partial charge in [-0.3, -0.25) is 0 Å². The molecule has 0 amide bonds. The number of halogens is 1. The monoisotopic (exact) mass is 322 g/mol. The topological polar surface area (TPSA) is 38.0 Å². The summed E-state index contributed by atoms with van der Waals surface area (Å²) in [7, 11) is 0. The molecule has 2 aromatic rings. The van der Waals surface area contributed by atoms with E-state index in [2.05, 4.69) is 16.8 Å². The number of anilines is 1. The fourth-order valence-electron chi connectivity index (χ4n) is 2.72. The molecule has 1 aromatic carbocycles. The first kappa shape index (κ1) is 13.9. The van der Waals surface area contributed by atoms with Crippen molar-refractivity contribution >= 4 is 45.8 Å². The first-order valence-electron chi connectivity index (χ1n) is 6.58. The molecule has 1 heterocycles. The van der Waals surface area contributed by atoms with E-state index in [4.69, 9.17) is 29.6 Å². The van der Waals surface area contributed by atoms with Crippen molar-refractivity contribution in [2.24, 2.45) is 5.73 Å². The highest BCUT2D eigenvalue weighted by Crippen LogP contribution is 2.37. The minimum absolute atomic E-state index is 0.316. The van der Waals surface area contributed by atoms with Gasteiger partial charge in [-0.2, -0.15) is 0 Å². The van der Waals surface area contributed by atoms with Gasteiger partial charge in [0.25, 0.3) is 0 Å². The number of thiocarbonyl (C=S) groups is 1. The lowest BCUT2D eigenvalue weighted by Crippen LogP contribution is -2.19. The molecule has 0 aliphatic heterocycles. The number of nitrogens with two attached hydrogens (primary N) is 1. The molecule has 20 heavy (non-hydrogen) atoms. The molecule has 1 aliphatic rings. The number of benzene rings is 1. The minimum atomic E-state index is 0.316. The van der Waals surface area contributed by atoms with Crippen LogP contribution in [-0.4, -0.2) is 4.99 Å². The first-order valence-corrected chi connectivity index (χ1v) is 8.24. The molecule has 0 spiro atoms. The van der Waals surface area contributed by atoms with Gasteiger partial charge in [0.1, 0.15) is 4.99 Å². The quantitative estimate of drug-likeness (QED) is 0.816. The summed E-state index contributed by atoms with van der Waals surface area (Å²) < 4.78 is 0. The van der Waals surface area contributed by atoms with Gasteiger partial charge in [0.05, 0.1) is 16.6 Å². The summed E-state index contributed by atoms with van der Waals surface area (Å²) in [6, 6.07) is 8.25. The molecule has 3 N–H and O–H groups in total. The van der Waals surface area contributed by atoms with Crippen LogP contribution in [0, 0.1) is 0 Å². The van der Waals surface area contributed by atoms with Gasteiger partial charge in [-0.05, 0) is 48.4 Å². The maximum atomic E-state index is 6.22. The molecule has 0 fully saturated rings. The smallest absolute Gasteiger partial charge is 0.107 e. The second-order valence-electron chi connectivity index (χ2n) is 4.91. The first-order chi connectivity index (χ1) is 9.66. The van der Waals surface area contributed by atoms with Gasteiger partial charge in [0, 0.05) is 10.6 Å². The van der Waals surface area contributed by atoms with Gasteiger partial charge in [-0.25, -0.2) is 0 Å². The average Bonchev–Trinajstić information content (AvgIpc) is 2.87. The molecule has 3 rings (SSSR count). The van der Waals surface area contributed by atoms with Crippen LogP contribution in [-0.2, 0) is 6.42 Å². The van der Waals surface area contributed by atoms with E-state index in [1.807, 2.05) is 29.5 Å². The molecule has 1 unspecified atom stereocenters. The summed E-state index contributed by atoms with van der Waals surface area (Å²) in [6.45, 7) is 0. The number of hydrogen-bond donors (Lipinski definition) is 2. The molecule has 5 heteroatoms. The summed E-state index contributed by atoms with van der Waals surface area (Å²) in [5.41, 5.74) is 8.87. The van der Waals surface area contributed by atoms with Crippen LogP contribution in [0.3, 0.4) is 0 Å². The van der Waals surface area contributed by atoms with Gasteiger partial charge < -0.3 is 11.1 Å². The number of thiophene rings is 1. The second-order valence-corrected chi connectivity index (χ2v) is 6.76. The van der Waals surface area contributed by atoms with Gasteiger partial charge >= 0.3 is 0 Å². The maximum Gasteiger partial charge on any atom is 0.107 e. The third-order valence-corrected chi connectivity index (χ3v) is 5.16. The Morgan fingerprint density at radius 2 is 2.25 bits per heavy atom. The standard InChI is InChI=1S/C15H15ClN2S2/c16-10-3-1-5-12(14(10)15(17)19)18-11-4-2-6-13-9(11)7-8-20-13/h1,3,5,7-8,11,18H,2,4,6H2,(H2,17,19). The van der Waals surface area contributed by atoms with Crippen LogP contribution in [0.25, 0.3) is 0 Å². The maximum absolute atomic E-state index is 6.22. The van der Waals surface area contributed by atoms with E-state index in [0.29, 0.717) is 16.1 Å². The Bertz CT molecular complexity index is 651. The van der Waals surface area contributed by atoms with Crippen LogP contribution < -0.4 is 11.1 Å². The van der Waals surface area contributed by atoms with Gasteiger partial charge in [0.15, 0.2) is 0 Å². The van der Waals surface area contributed by atoms with Crippen LogP contribution in [0.5, 0.6) is 0 Å². The molecule has 0 saturated heterocycles. The van der Waals surface area contributed by atoms with Crippen molar-refractivity contribution in [3.05, 3.63) is 50.7 Å². The van der Waals surface area contributed by atoms with E-state index in [0.717, 1.165) is 17.7 Å². The lowest BCUT2D eigenvalue weighted by molar-refractivity contribution is 0.609. The van der Waals surface area contributed by atoms with Crippen molar-refractivity contribution in [3.63, 3.8) is 0 Å². The molecule has 0 saturated carbocycles. The average molecular weight is 323 g/mol. The number of fused-ring (bicyclic) bond motifs is 1. The Morgan fingerprint density at radius 3 is 3.05 bits per heavy atom. The van der Waals surface area contributed by atoms with Crippen LogP contribution in [0.2, 0.25) is 5.02 Å². The van der Waals surface area contributed by atoms with E-state index < -0.39 is 0 Å². The summed E-state index contributed by atoms with van der Waals surface area (Å²) in [5.74, 6) is 0. The molecule has 104 valence electrons. The largest absolute Gasteiger partial charge is 0.389 e. The van der Waals surface area contributed by atoms with E-state index >= 15 is 0 Å². The van der Waals surface area contributed by atoms with Crippen molar-refractivity contribution in [1.29, 1.82) is 0 Å². The van der Waals surface area contributed by atoms with E-state index in [9.17, 15) is 0 Å². The molecule has 1 atom stereocenters. The highest BCUT2D eigenvalue weighted by atomic mass is 35.5. The SMILES string of the molecule is NC(=S)c1c(Cl)cccc1NC1CCCc2sccc21. The van der Waals surface area contributed by atoms with Gasteiger partial charge in [-0.15, -0.1) is 11.3 Å². The van der Waals surface area contributed by atoms with Crippen LogP contribution in [0.4, 0.5) is 5.69 Å². The zero-order valence-corrected chi connectivity index (χ0v) is 13.2. The Kier molecular flexibility index (Phi) is 3.96.